The van der Waals surface area contributed by atoms with Gasteiger partial charge in [0.05, 0.1) is 7.05 Å². The fourth-order valence-electron chi connectivity index (χ4n) is 3.02. The Morgan fingerprint density at radius 1 is 1.21 bits per heavy atom. The molecular weight excluding hydrogens is 358 g/mol. The summed E-state index contributed by atoms with van der Waals surface area (Å²) in [6.07, 6.45) is 0.363. The summed E-state index contributed by atoms with van der Waals surface area (Å²) in [6, 6.07) is 7.78. The van der Waals surface area contributed by atoms with Gasteiger partial charge < -0.3 is 19.8 Å². The van der Waals surface area contributed by atoms with E-state index in [0.717, 1.165) is 18.8 Å². The van der Waals surface area contributed by atoms with Crippen LogP contribution in [0.1, 0.15) is 39.7 Å². The number of aromatic nitrogens is 2. The molecule has 0 fully saturated rings. The molecule has 0 N–H and O–H groups in total. The highest BCUT2D eigenvalue weighted by Gasteiger charge is 2.25. The average molecular weight is 387 g/mol. The normalized spacial score (nSPS) is 12.2. The van der Waals surface area contributed by atoms with Crippen LogP contribution in [0, 0.1) is 22.0 Å². The average Bonchev–Trinajstić information content (AvgIpc) is 3.00. The van der Waals surface area contributed by atoms with Gasteiger partial charge in [0.2, 0.25) is 0 Å². The van der Waals surface area contributed by atoms with Crippen LogP contribution in [-0.2, 0) is 7.05 Å². The number of nitro groups is 1. The smallest absolute Gasteiger partial charge is 0.342 e. The summed E-state index contributed by atoms with van der Waals surface area (Å²) in [4.78, 5) is 20.9. The molecule has 2 rings (SSSR count). The molecular formula is C20H29N5O3. The number of ether oxygens (including phenoxy) is 1. The Morgan fingerprint density at radius 2 is 1.79 bits per heavy atom. The summed E-state index contributed by atoms with van der Waals surface area (Å²) in [6.45, 7) is 14.3. The molecule has 1 aromatic carbocycles. The number of hydrogen-bond acceptors (Lipinski definition) is 6. The number of imidazole rings is 1. The monoisotopic (exact) mass is 387 g/mol. The van der Waals surface area contributed by atoms with E-state index >= 15 is 0 Å². The molecule has 8 nitrogen and oxygen atoms in total. The molecule has 1 unspecified atom stereocenters. The van der Waals surface area contributed by atoms with Crippen molar-refractivity contribution in [3.05, 3.63) is 46.4 Å². The highest BCUT2D eigenvalue weighted by molar-refractivity contribution is 5.49. The quantitative estimate of drug-likeness (QED) is 0.346. The molecule has 0 radical (unpaired) electrons. The zero-order valence-corrected chi connectivity index (χ0v) is 17.2. The Kier molecular flexibility index (Phi) is 7.14. The molecule has 1 aromatic heterocycles. The van der Waals surface area contributed by atoms with Crippen molar-refractivity contribution in [2.24, 2.45) is 23.9 Å². The third-order valence-electron chi connectivity index (χ3n) is 4.19. The van der Waals surface area contributed by atoms with Crippen LogP contribution in [0.25, 0.3) is 0 Å². The fraction of sp³-hybridized carbons (Fsp3) is 0.500. The first kappa shape index (κ1) is 21.4. The second-order valence-corrected chi connectivity index (χ2v) is 7.63. The molecule has 0 saturated carbocycles. The Balaban J connectivity index is 2.17. The van der Waals surface area contributed by atoms with Crippen molar-refractivity contribution in [3.8, 4) is 5.75 Å². The maximum absolute atomic E-state index is 11.0. The summed E-state index contributed by atoms with van der Waals surface area (Å²) in [5.41, 5.74) is 1.13. The van der Waals surface area contributed by atoms with Gasteiger partial charge in [0.1, 0.15) is 11.9 Å². The predicted octanol–water partition coefficient (Wildman–Crippen LogP) is 4.22. The van der Waals surface area contributed by atoms with E-state index < -0.39 is 11.2 Å². The first-order chi connectivity index (χ1) is 13.2. The third-order valence-corrected chi connectivity index (χ3v) is 4.19. The molecule has 8 heteroatoms. The van der Waals surface area contributed by atoms with Crippen LogP contribution < -0.4 is 9.64 Å². The minimum atomic E-state index is -0.827. The lowest BCUT2D eigenvalue weighted by Gasteiger charge is -2.28. The van der Waals surface area contributed by atoms with Gasteiger partial charge in [-0.3, -0.25) is 0 Å². The predicted molar refractivity (Wildman–Crippen MR) is 111 cm³/mol. The van der Waals surface area contributed by atoms with Crippen LogP contribution in [-0.4, -0.2) is 34.3 Å². The summed E-state index contributed by atoms with van der Waals surface area (Å²) >= 11 is 0. The van der Waals surface area contributed by atoms with E-state index in [-0.39, 0.29) is 5.82 Å². The van der Waals surface area contributed by atoms with Gasteiger partial charge in [-0.2, -0.15) is 0 Å². The Labute approximate surface area is 166 Å². The molecule has 1 heterocycles. The van der Waals surface area contributed by atoms with Crippen LogP contribution >= 0.6 is 0 Å². The highest BCUT2D eigenvalue weighted by Crippen LogP contribution is 2.27. The SMILES string of the molecule is C=NC(Oc1ccc(N(CC(C)C)CC(C)C)cc1)c1ncc([N+](=O)[O-])n1C. The maximum atomic E-state index is 11.0. The Morgan fingerprint density at radius 3 is 2.21 bits per heavy atom. The van der Waals surface area contributed by atoms with Gasteiger partial charge >= 0.3 is 5.82 Å². The summed E-state index contributed by atoms with van der Waals surface area (Å²) in [5, 5.41) is 11.0. The van der Waals surface area contributed by atoms with Crippen molar-refractivity contribution < 1.29 is 9.66 Å². The van der Waals surface area contributed by atoms with Gasteiger partial charge in [-0.25, -0.2) is 14.5 Å². The van der Waals surface area contributed by atoms with Gasteiger partial charge in [-0.1, -0.05) is 27.7 Å². The number of benzene rings is 1. The summed E-state index contributed by atoms with van der Waals surface area (Å²) < 4.78 is 7.21. The van der Waals surface area contributed by atoms with Gasteiger partial charge in [0.15, 0.2) is 0 Å². The van der Waals surface area contributed by atoms with Crippen LogP contribution in [0.4, 0.5) is 11.5 Å². The topological polar surface area (TPSA) is 85.8 Å². The first-order valence-electron chi connectivity index (χ1n) is 9.36. The Hall–Kier alpha value is -2.90. The highest BCUT2D eigenvalue weighted by atomic mass is 16.6. The number of hydrogen-bond donors (Lipinski definition) is 0. The van der Waals surface area contributed by atoms with Crippen molar-refractivity contribution in [1.29, 1.82) is 0 Å². The van der Waals surface area contributed by atoms with Gasteiger partial charge in [-0.15, -0.1) is 0 Å². The fourth-order valence-corrected chi connectivity index (χ4v) is 3.02. The molecule has 0 aliphatic rings. The number of aliphatic imine (C=N–C) groups is 1. The zero-order valence-electron chi connectivity index (χ0n) is 17.2. The summed E-state index contributed by atoms with van der Waals surface area (Å²) in [5.74, 6) is 1.92. The molecule has 0 aliphatic carbocycles. The van der Waals surface area contributed by atoms with Crippen LogP contribution in [0.3, 0.4) is 0 Å². The van der Waals surface area contributed by atoms with Crippen molar-refractivity contribution in [2.45, 2.75) is 33.9 Å². The second-order valence-electron chi connectivity index (χ2n) is 7.63. The molecule has 2 aromatic rings. The molecule has 28 heavy (non-hydrogen) atoms. The van der Waals surface area contributed by atoms with E-state index in [1.807, 2.05) is 24.3 Å². The van der Waals surface area contributed by atoms with Gasteiger partial charge in [0.25, 0.3) is 12.1 Å². The summed E-state index contributed by atoms with van der Waals surface area (Å²) in [7, 11) is 1.56. The molecule has 0 saturated heterocycles. The molecule has 152 valence electrons. The van der Waals surface area contributed by atoms with E-state index in [4.69, 9.17) is 4.74 Å². The number of anilines is 1. The maximum Gasteiger partial charge on any atom is 0.342 e. The van der Waals surface area contributed by atoms with E-state index in [2.05, 4.69) is 49.3 Å². The van der Waals surface area contributed by atoms with E-state index in [9.17, 15) is 10.1 Å². The molecule has 1 atom stereocenters. The van der Waals surface area contributed by atoms with E-state index in [1.165, 1.54) is 10.8 Å². The first-order valence-corrected chi connectivity index (χ1v) is 9.36. The van der Waals surface area contributed by atoms with Crippen LogP contribution in [0.2, 0.25) is 0 Å². The third kappa shape index (κ3) is 5.31. The van der Waals surface area contributed by atoms with Crippen LogP contribution in [0.15, 0.2) is 35.5 Å². The van der Waals surface area contributed by atoms with Crippen molar-refractivity contribution in [3.63, 3.8) is 0 Å². The minimum absolute atomic E-state index is 0.124. The molecule has 0 spiro atoms. The number of rotatable bonds is 10. The lowest BCUT2D eigenvalue weighted by molar-refractivity contribution is -0.391. The lowest BCUT2D eigenvalue weighted by atomic mass is 10.1. The van der Waals surface area contributed by atoms with Gasteiger partial charge in [-0.05, 0) is 47.7 Å². The van der Waals surface area contributed by atoms with Crippen molar-refractivity contribution in [1.82, 2.24) is 9.55 Å². The van der Waals surface area contributed by atoms with Gasteiger partial charge in [0, 0.05) is 18.8 Å². The Bertz CT molecular complexity index is 789. The zero-order chi connectivity index (χ0) is 20.8. The second kappa shape index (κ2) is 9.34. The standard InChI is InChI=1S/C20H29N5O3/c1-14(2)12-24(13-15(3)4)16-7-9-17(10-8-16)28-20(21-5)19-22-11-18(23(19)6)25(26)27/h7-11,14-15,20H,5,12-13H2,1-4,6H3. The van der Waals surface area contributed by atoms with Crippen LogP contribution in [0.5, 0.6) is 5.75 Å². The molecule has 0 bridgehead atoms. The minimum Gasteiger partial charge on any atom is -0.459 e. The molecule has 0 aliphatic heterocycles. The molecule has 0 amide bonds. The van der Waals surface area contributed by atoms with Crippen molar-refractivity contribution in [2.75, 3.05) is 18.0 Å². The van der Waals surface area contributed by atoms with Crippen molar-refractivity contribution >= 4 is 18.2 Å². The van der Waals surface area contributed by atoms with E-state index in [1.54, 1.807) is 7.05 Å². The lowest BCUT2D eigenvalue weighted by Crippen LogP contribution is -2.31. The van der Waals surface area contributed by atoms with E-state index in [0.29, 0.717) is 23.4 Å². The largest absolute Gasteiger partial charge is 0.459 e. The number of nitrogens with zero attached hydrogens (tertiary/aromatic N) is 5.